The fourth-order valence-electron chi connectivity index (χ4n) is 2.15. The highest BCUT2D eigenvalue weighted by atomic mass is 16.3. The molecule has 0 unspecified atom stereocenters. The molecule has 0 aliphatic heterocycles. The molecular formula is C22H26O2. The molecule has 1 heterocycles. The van der Waals surface area contributed by atoms with Crippen LogP contribution in [-0.4, -0.2) is 0 Å². The standard InChI is InChI=1S/C18H14O2.2C2H6/c1-13-16(12-11-14-7-3-2-4-8-14)20-17-10-6-5-9-15(17)18(13)19;2*1-2/h2-12H,1H3;2*1-2H3/b12-11+;;. The van der Waals surface area contributed by atoms with Crippen LogP contribution in [0, 0.1) is 6.92 Å². The van der Waals surface area contributed by atoms with Crippen LogP contribution in [0.1, 0.15) is 44.6 Å². The molecule has 0 saturated carbocycles. The normalized spacial score (nSPS) is 9.88. The van der Waals surface area contributed by atoms with Crippen molar-refractivity contribution in [3.05, 3.63) is 81.7 Å². The summed E-state index contributed by atoms with van der Waals surface area (Å²) in [4.78, 5) is 12.3. The lowest BCUT2D eigenvalue weighted by atomic mass is 10.1. The third-order valence-corrected chi connectivity index (χ3v) is 3.29. The summed E-state index contributed by atoms with van der Waals surface area (Å²) in [6.07, 6.45) is 3.79. The van der Waals surface area contributed by atoms with Crippen molar-refractivity contribution in [3.8, 4) is 0 Å². The Labute approximate surface area is 144 Å². The summed E-state index contributed by atoms with van der Waals surface area (Å²) in [5.41, 5.74) is 2.36. The molecule has 2 nitrogen and oxygen atoms in total. The van der Waals surface area contributed by atoms with Gasteiger partial charge >= 0.3 is 0 Å². The van der Waals surface area contributed by atoms with E-state index in [1.165, 1.54) is 0 Å². The minimum atomic E-state index is 0.0274. The quantitative estimate of drug-likeness (QED) is 0.552. The van der Waals surface area contributed by atoms with E-state index in [4.69, 9.17) is 4.42 Å². The molecule has 0 saturated heterocycles. The molecular weight excluding hydrogens is 296 g/mol. The van der Waals surface area contributed by atoms with E-state index in [0.717, 1.165) is 5.56 Å². The number of fused-ring (bicyclic) bond motifs is 1. The van der Waals surface area contributed by atoms with Crippen LogP contribution in [0.3, 0.4) is 0 Å². The van der Waals surface area contributed by atoms with Crippen LogP contribution in [0.25, 0.3) is 23.1 Å². The topological polar surface area (TPSA) is 30.2 Å². The molecule has 0 bridgehead atoms. The highest BCUT2D eigenvalue weighted by Crippen LogP contribution is 2.17. The molecule has 0 radical (unpaired) electrons. The molecule has 0 aliphatic carbocycles. The fourth-order valence-corrected chi connectivity index (χ4v) is 2.15. The first-order valence-electron chi connectivity index (χ1n) is 8.51. The van der Waals surface area contributed by atoms with Gasteiger partial charge in [-0.05, 0) is 30.7 Å². The Kier molecular flexibility index (Phi) is 8.28. The van der Waals surface area contributed by atoms with E-state index < -0.39 is 0 Å². The second kappa shape index (κ2) is 10.2. The van der Waals surface area contributed by atoms with Crippen LogP contribution in [0.4, 0.5) is 0 Å². The molecule has 2 heteroatoms. The van der Waals surface area contributed by atoms with Gasteiger partial charge in [0.2, 0.25) is 0 Å². The molecule has 3 rings (SSSR count). The Morgan fingerprint density at radius 3 is 2.04 bits per heavy atom. The molecule has 0 fully saturated rings. The summed E-state index contributed by atoms with van der Waals surface area (Å²) in [6.45, 7) is 9.79. The number of para-hydroxylation sites is 1. The van der Waals surface area contributed by atoms with Gasteiger partial charge in [0.05, 0.1) is 5.39 Å². The highest BCUT2D eigenvalue weighted by molar-refractivity contribution is 5.79. The van der Waals surface area contributed by atoms with E-state index in [0.29, 0.717) is 22.3 Å². The Morgan fingerprint density at radius 1 is 0.792 bits per heavy atom. The maximum Gasteiger partial charge on any atom is 0.196 e. The van der Waals surface area contributed by atoms with Crippen molar-refractivity contribution in [2.24, 2.45) is 0 Å². The summed E-state index contributed by atoms with van der Waals surface area (Å²) in [7, 11) is 0. The Morgan fingerprint density at radius 2 is 1.38 bits per heavy atom. The van der Waals surface area contributed by atoms with Crippen LogP contribution in [0.5, 0.6) is 0 Å². The van der Waals surface area contributed by atoms with Crippen LogP contribution in [0.2, 0.25) is 0 Å². The molecule has 2 aromatic carbocycles. The van der Waals surface area contributed by atoms with Gasteiger partial charge in [-0.25, -0.2) is 0 Å². The smallest absolute Gasteiger partial charge is 0.196 e. The summed E-state index contributed by atoms with van der Waals surface area (Å²) >= 11 is 0. The van der Waals surface area contributed by atoms with Gasteiger partial charge < -0.3 is 4.42 Å². The van der Waals surface area contributed by atoms with E-state index >= 15 is 0 Å². The maximum absolute atomic E-state index is 12.3. The molecule has 24 heavy (non-hydrogen) atoms. The van der Waals surface area contributed by atoms with Crippen LogP contribution in [0.15, 0.2) is 63.8 Å². The third-order valence-electron chi connectivity index (χ3n) is 3.29. The zero-order valence-electron chi connectivity index (χ0n) is 15.2. The SMILES string of the molecule is CC.CC.Cc1c(/C=C/c2ccccc2)oc2ccccc2c1=O. The van der Waals surface area contributed by atoms with Gasteiger partial charge in [0.25, 0.3) is 0 Å². The van der Waals surface area contributed by atoms with Gasteiger partial charge in [-0.2, -0.15) is 0 Å². The molecule has 3 aromatic rings. The Balaban J connectivity index is 0.000000671. The van der Waals surface area contributed by atoms with Crippen LogP contribution in [-0.2, 0) is 0 Å². The average Bonchev–Trinajstić information content (AvgIpc) is 2.67. The molecule has 0 spiro atoms. The predicted octanol–water partition coefficient (Wildman–Crippen LogP) is 6.32. The van der Waals surface area contributed by atoms with E-state index in [-0.39, 0.29) is 5.43 Å². The van der Waals surface area contributed by atoms with Gasteiger partial charge in [-0.15, -0.1) is 0 Å². The third kappa shape index (κ3) is 4.69. The van der Waals surface area contributed by atoms with Crippen molar-refractivity contribution in [3.63, 3.8) is 0 Å². The van der Waals surface area contributed by atoms with E-state index in [1.807, 2.05) is 88.4 Å². The molecule has 0 atom stereocenters. The Bertz CT molecular complexity index is 827. The van der Waals surface area contributed by atoms with Gasteiger partial charge in [-0.1, -0.05) is 76.2 Å². The zero-order chi connectivity index (χ0) is 17.9. The molecule has 1 aromatic heterocycles. The summed E-state index contributed by atoms with van der Waals surface area (Å²) in [5.74, 6) is 0.609. The second-order valence-electron chi connectivity index (χ2n) is 4.66. The molecule has 126 valence electrons. The van der Waals surface area contributed by atoms with Gasteiger partial charge in [0.15, 0.2) is 5.43 Å². The molecule has 0 N–H and O–H groups in total. The summed E-state index contributed by atoms with van der Waals surface area (Å²) < 4.78 is 5.81. The average molecular weight is 322 g/mol. The van der Waals surface area contributed by atoms with E-state index in [1.54, 1.807) is 13.0 Å². The first kappa shape index (κ1) is 19.4. The van der Waals surface area contributed by atoms with Gasteiger partial charge in [-0.3, -0.25) is 4.79 Å². The van der Waals surface area contributed by atoms with E-state index in [2.05, 4.69) is 0 Å². The van der Waals surface area contributed by atoms with Crippen molar-refractivity contribution in [2.75, 3.05) is 0 Å². The van der Waals surface area contributed by atoms with Gasteiger partial charge in [0.1, 0.15) is 11.3 Å². The highest BCUT2D eigenvalue weighted by Gasteiger charge is 2.07. The minimum absolute atomic E-state index is 0.0274. The number of hydrogen-bond acceptors (Lipinski definition) is 2. The second-order valence-corrected chi connectivity index (χ2v) is 4.66. The first-order valence-corrected chi connectivity index (χ1v) is 8.51. The van der Waals surface area contributed by atoms with Crippen molar-refractivity contribution in [1.29, 1.82) is 0 Å². The van der Waals surface area contributed by atoms with Crippen LogP contribution < -0.4 is 5.43 Å². The minimum Gasteiger partial charge on any atom is -0.456 e. The monoisotopic (exact) mass is 322 g/mol. The number of benzene rings is 2. The molecule has 0 amide bonds. The van der Waals surface area contributed by atoms with Crippen molar-refractivity contribution >= 4 is 23.1 Å². The van der Waals surface area contributed by atoms with Crippen molar-refractivity contribution < 1.29 is 4.42 Å². The summed E-state index contributed by atoms with van der Waals surface area (Å²) in [5, 5.41) is 0.627. The first-order chi connectivity index (χ1) is 11.8. The lowest BCUT2D eigenvalue weighted by Crippen LogP contribution is -2.06. The van der Waals surface area contributed by atoms with Crippen molar-refractivity contribution in [2.45, 2.75) is 34.6 Å². The zero-order valence-corrected chi connectivity index (χ0v) is 15.2. The van der Waals surface area contributed by atoms with Gasteiger partial charge in [0, 0.05) is 5.56 Å². The predicted molar refractivity (Wildman–Crippen MR) is 105 cm³/mol. The number of hydrogen-bond donors (Lipinski definition) is 0. The Hall–Kier alpha value is -2.61. The lowest BCUT2D eigenvalue weighted by molar-refractivity contribution is 0.585. The number of rotatable bonds is 2. The summed E-state index contributed by atoms with van der Waals surface area (Å²) in [6, 6.07) is 17.2. The van der Waals surface area contributed by atoms with E-state index in [9.17, 15) is 4.79 Å². The molecule has 0 aliphatic rings. The van der Waals surface area contributed by atoms with Crippen molar-refractivity contribution in [1.82, 2.24) is 0 Å². The van der Waals surface area contributed by atoms with Crippen LogP contribution >= 0.6 is 0 Å². The largest absolute Gasteiger partial charge is 0.456 e. The maximum atomic E-state index is 12.3. The lowest BCUT2D eigenvalue weighted by Gasteiger charge is -2.02. The fraction of sp³-hybridized carbons (Fsp3) is 0.227.